The molecule has 0 aliphatic rings. The summed E-state index contributed by atoms with van der Waals surface area (Å²) in [6.45, 7) is 1.29. The molecule has 3 N–H and O–H groups in total. The first-order valence-electron chi connectivity index (χ1n) is 5.47. The second-order valence-electron chi connectivity index (χ2n) is 3.84. The number of hydrogen-bond acceptors (Lipinski definition) is 4. The summed E-state index contributed by atoms with van der Waals surface area (Å²) >= 11 is 5.86. The average Bonchev–Trinajstić information content (AvgIpc) is 2.37. The monoisotopic (exact) mass is 273 g/mol. The van der Waals surface area contributed by atoms with E-state index in [4.69, 9.17) is 26.6 Å². The van der Waals surface area contributed by atoms with Gasteiger partial charge in [0.2, 0.25) is 0 Å². The molecule has 0 aliphatic carbocycles. The van der Waals surface area contributed by atoms with Gasteiger partial charge in [0.25, 0.3) is 5.91 Å². The predicted octanol–water partition coefficient (Wildman–Crippen LogP) is 0.497. The van der Waals surface area contributed by atoms with Crippen molar-refractivity contribution in [1.29, 1.82) is 0 Å². The molecule has 1 rings (SSSR count). The molecule has 1 aromatic rings. The number of amides is 1. The number of hydrogen-bond donors (Lipinski definition) is 3. The number of aryl methyl sites for hydroxylation is 1. The minimum absolute atomic E-state index is 0.00165. The third-order valence-electron chi connectivity index (χ3n) is 2.24. The molecular weight excluding hydrogens is 258 g/mol. The van der Waals surface area contributed by atoms with Crippen LogP contribution in [0.25, 0.3) is 0 Å². The third kappa shape index (κ3) is 4.91. The summed E-state index contributed by atoms with van der Waals surface area (Å²) < 4.78 is 5.25. The summed E-state index contributed by atoms with van der Waals surface area (Å²) in [4.78, 5) is 11.3. The summed E-state index contributed by atoms with van der Waals surface area (Å²) in [5.41, 5.74) is 0.866. The summed E-state index contributed by atoms with van der Waals surface area (Å²) in [5, 5.41) is 20.7. The lowest BCUT2D eigenvalue weighted by Crippen LogP contribution is -2.36. The second-order valence-corrected chi connectivity index (χ2v) is 4.25. The molecule has 6 heteroatoms. The van der Waals surface area contributed by atoms with Gasteiger partial charge in [0.1, 0.15) is 5.75 Å². The molecule has 0 heterocycles. The maximum atomic E-state index is 11.3. The molecule has 0 spiro atoms. The van der Waals surface area contributed by atoms with Crippen molar-refractivity contribution in [2.75, 3.05) is 19.8 Å². The Hall–Kier alpha value is -1.30. The molecule has 0 radical (unpaired) electrons. The first-order chi connectivity index (χ1) is 8.52. The highest BCUT2D eigenvalue weighted by atomic mass is 35.5. The van der Waals surface area contributed by atoms with E-state index in [1.165, 1.54) is 0 Å². The van der Waals surface area contributed by atoms with Crippen molar-refractivity contribution in [2.45, 2.75) is 13.0 Å². The quantitative estimate of drug-likeness (QED) is 0.705. The van der Waals surface area contributed by atoms with Gasteiger partial charge in [-0.2, -0.15) is 0 Å². The summed E-state index contributed by atoms with van der Waals surface area (Å²) in [5.74, 6) is 0.185. The van der Waals surface area contributed by atoms with Crippen molar-refractivity contribution >= 4 is 17.5 Å². The van der Waals surface area contributed by atoms with E-state index in [0.717, 1.165) is 5.56 Å². The van der Waals surface area contributed by atoms with Crippen LogP contribution in [0.1, 0.15) is 5.56 Å². The zero-order chi connectivity index (χ0) is 13.5. The first-order valence-corrected chi connectivity index (χ1v) is 5.85. The van der Waals surface area contributed by atoms with Crippen LogP contribution in [0.4, 0.5) is 0 Å². The molecule has 1 unspecified atom stereocenters. The van der Waals surface area contributed by atoms with Gasteiger partial charge in [-0.15, -0.1) is 0 Å². The van der Waals surface area contributed by atoms with E-state index in [2.05, 4.69) is 5.32 Å². The Morgan fingerprint density at radius 2 is 2.28 bits per heavy atom. The van der Waals surface area contributed by atoms with Gasteiger partial charge in [0, 0.05) is 11.6 Å². The number of nitrogens with one attached hydrogen (secondary N) is 1. The topological polar surface area (TPSA) is 78.8 Å². The standard InChI is InChI=1S/C12H16ClNO4/c1-8-4-10(2-3-11(8)13)18-7-12(17)14-5-9(16)6-15/h2-4,9,15-16H,5-7H2,1H3,(H,14,17). The number of aliphatic hydroxyl groups excluding tert-OH is 2. The van der Waals surface area contributed by atoms with E-state index in [1.807, 2.05) is 6.92 Å². The van der Waals surface area contributed by atoms with Gasteiger partial charge in [-0.1, -0.05) is 11.6 Å². The molecule has 0 saturated heterocycles. The van der Waals surface area contributed by atoms with Crippen molar-refractivity contribution in [3.8, 4) is 5.75 Å². The van der Waals surface area contributed by atoms with E-state index in [1.54, 1.807) is 18.2 Å². The van der Waals surface area contributed by atoms with Gasteiger partial charge in [0.05, 0.1) is 12.7 Å². The Kier molecular flexibility index (Phi) is 5.91. The molecule has 0 saturated carbocycles. The summed E-state index contributed by atoms with van der Waals surface area (Å²) in [6, 6.07) is 5.10. The number of carbonyl (C=O) groups excluding carboxylic acids is 1. The van der Waals surface area contributed by atoms with Crippen molar-refractivity contribution in [2.24, 2.45) is 0 Å². The van der Waals surface area contributed by atoms with Crippen LogP contribution >= 0.6 is 11.6 Å². The maximum absolute atomic E-state index is 11.3. The van der Waals surface area contributed by atoms with Crippen molar-refractivity contribution in [3.63, 3.8) is 0 Å². The number of rotatable bonds is 6. The van der Waals surface area contributed by atoms with Crippen LogP contribution in [-0.4, -0.2) is 42.0 Å². The van der Waals surface area contributed by atoms with Crippen LogP contribution in [0.5, 0.6) is 5.75 Å². The number of benzene rings is 1. The molecule has 1 amide bonds. The lowest BCUT2D eigenvalue weighted by Gasteiger charge is -2.10. The highest BCUT2D eigenvalue weighted by Gasteiger charge is 2.07. The fraction of sp³-hybridized carbons (Fsp3) is 0.417. The van der Waals surface area contributed by atoms with Crippen LogP contribution < -0.4 is 10.1 Å². The van der Waals surface area contributed by atoms with E-state index >= 15 is 0 Å². The summed E-state index contributed by atoms with van der Waals surface area (Å²) in [6.07, 6.45) is -0.952. The molecule has 1 aromatic carbocycles. The predicted molar refractivity (Wildman–Crippen MR) is 67.8 cm³/mol. The van der Waals surface area contributed by atoms with Crippen LogP contribution in [0, 0.1) is 6.92 Å². The number of aliphatic hydroxyl groups is 2. The fourth-order valence-corrected chi connectivity index (χ4v) is 1.32. The van der Waals surface area contributed by atoms with Crippen molar-refractivity contribution in [3.05, 3.63) is 28.8 Å². The zero-order valence-corrected chi connectivity index (χ0v) is 10.8. The minimum atomic E-state index is -0.952. The van der Waals surface area contributed by atoms with Crippen molar-refractivity contribution < 1.29 is 19.7 Å². The first kappa shape index (κ1) is 14.8. The Bertz CT molecular complexity index is 411. The maximum Gasteiger partial charge on any atom is 0.258 e. The normalized spacial score (nSPS) is 12.0. The van der Waals surface area contributed by atoms with Crippen LogP contribution in [-0.2, 0) is 4.79 Å². The third-order valence-corrected chi connectivity index (χ3v) is 2.67. The average molecular weight is 274 g/mol. The molecule has 100 valence electrons. The molecular formula is C12H16ClNO4. The molecule has 5 nitrogen and oxygen atoms in total. The summed E-state index contributed by atoms with van der Waals surface area (Å²) in [7, 11) is 0. The van der Waals surface area contributed by atoms with Gasteiger partial charge in [-0.05, 0) is 30.7 Å². The SMILES string of the molecule is Cc1cc(OCC(=O)NCC(O)CO)ccc1Cl. The van der Waals surface area contributed by atoms with Gasteiger partial charge >= 0.3 is 0 Å². The Morgan fingerprint density at radius 3 is 2.89 bits per heavy atom. The van der Waals surface area contributed by atoms with Gasteiger partial charge in [0.15, 0.2) is 6.61 Å². The zero-order valence-electron chi connectivity index (χ0n) is 10.0. The lowest BCUT2D eigenvalue weighted by atomic mass is 10.2. The Morgan fingerprint density at radius 1 is 1.56 bits per heavy atom. The van der Waals surface area contributed by atoms with E-state index in [-0.39, 0.29) is 19.1 Å². The molecule has 0 aliphatic heterocycles. The smallest absolute Gasteiger partial charge is 0.258 e. The van der Waals surface area contributed by atoms with Gasteiger partial charge < -0.3 is 20.3 Å². The van der Waals surface area contributed by atoms with Gasteiger partial charge in [-0.3, -0.25) is 4.79 Å². The van der Waals surface area contributed by atoms with E-state index in [0.29, 0.717) is 10.8 Å². The lowest BCUT2D eigenvalue weighted by molar-refractivity contribution is -0.123. The number of carbonyl (C=O) groups is 1. The fourth-order valence-electron chi connectivity index (χ4n) is 1.20. The largest absolute Gasteiger partial charge is 0.484 e. The Labute approximate surface area is 110 Å². The van der Waals surface area contributed by atoms with Gasteiger partial charge in [-0.25, -0.2) is 0 Å². The minimum Gasteiger partial charge on any atom is -0.484 e. The highest BCUT2D eigenvalue weighted by molar-refractivity contribution is 6.31. The molecule has 18 heavy (non-hydrogen) atoms. The van der Waals surface area contributed by atoms with E-state index in [9.17, 15) is 4.79 Å². The molecule has 0 bridgehead atoms. The van der Waals surface area contributed by atoms with Crippen LogP contribution in [0.15, 0.2) is 18.2 Å². The molecule has 0 fully saturated rings. The highest BCUT2D eigenvalue weighted by Crippen LogP contribution is 2.20. The van der Waals surface area contributed by atoms with Crippen molar-refractivity contribution in [1.82, 2.24) is 5.32 Å². The number of ether oxygens (including phenoxy) is 1. The van der Waals surface area contributed by atoms with Crippen LogP contribution in [0.2, 0.25) is 5.02 Å². The number of halogens is 1. The second kappa shape index (κ2) is 7.20. The Balaban J connectivity index is 2.36. The van der Waals surface area contributed by atoms with E-state index < -0.39 is 12.7 Å². The van der Waals surface area contributed by atoms with Crippen LogP contribution in [0.3, 0.4) is 0 Å². The molecule has 1 atom stereocenters. The molecule has 0 aromatic heterocycles.